The Morgan fingerprint density at radius 1 is 1.22 bits per heavy atom. The Morgan fingerprint density at radius 3 is 2.93 bits per heavy atom. The molecule has 2 aromatic heterocycles. The third kappa shape index (κ3) is 3.55. The number of aromatic nitrogens is 3. The van der Waals surface area contributed by atoms with Gasteiger partial charge in [-0.3, -0.25) is 4.98 Å². The van der Waals surface area contributed by atoms with E-state index in [9.17, 15) is 0 Å². The van der Waals surface area contributed by atoms with Crippen molar-refractivity contribution >= 4 is 28.2 Å². The summed E-state index contributed by atoms with van der Waals surface area (Å²) in [4.78, 5) is 4.29. The topological polar surface area (TPSA) is 69.2 Å². The van der Waals surface area contributed by atoms with Gasteiger partial charge in [0.05, 0.1) is 13.7 Å². The second-order valence-corrected chi connectivity index (χ2v) is 7.19. The lowest BCUT2D eigenvalue weighted by Gasteiger charge is -2.30. The first-order chi connectivity index (χ1) is 13.2. The normalized spacial score (nSPS) is 19.8. The molecule has 1 aromatic carbocycles. The minimum absolute atomic E-state index is 0.298. The van der Waals surface area contributed by atoms with Crippen molar-refractivity contribution in [2.75, 3.05) is 25.6 Å². The highest BCUT2D eigenvalue weighted by molar-refractivity contribution is 6.30. The molecule has 1 aliphatic heterocycles. The van der Waals surface area contributed by atoms with Crippen molar-refractivity contribution in [1.29, 1.82) is 0 Å². The minimum atomic E-state index is 0.298. The first kappa shape index (κ1) is 17.9. The molecule has 0 radical (unpaired) electrons. The third-order valence-corrected chi connectivity index (χ3v) is 5.20. The van der Waals surface area contributed by atoms with Gasteiger partial charge in [0.15, 0.2) is 5.82 Å². The fourth-order valence-corrected chi connectivity index (χ4v) is 3.60. The van der Waals surface area contributed by atoms with Crippen molar-refractivity contribution in [1.82, 2.24) is 15.2 Å². The van der Waals surface area contributed by atoms with Crippen LogP contribution in [0.25, 0.3) is 22.0 Å². The zero-order valence-electron chi connectivity index (χ0n) is 15.3. The van der Waals surface area contributed by atoms with E-state index in [2.05, 4.69) is 27.4 Å². The lowest BCUT2D eigenvalue weighted by atomic mass is 9.97. The Hall–Kier alpha value is -2.44. The van der Waals surface area contributed by atoms with Gasteiger partial charge in [-0.15, -0.1) is 10.2 Å². The summed E-state index contributed by atoms with van der Waals surface area (Å²) in [5.41, 5.74) is 1.59. The summed E-state index contributed by atoms with van der Waals surface area (Å²) >= 11 is 6.10. The van der Waals surface area contributed by atoms with Gasteiger partial charge in [0.2, 0.25) is 0 Å². The molecule has 3 heterocycles. The summed E-state index contributed by atoms with van der Waals surface area (Å²) in [6, 6.07) is 7.75. The van der Waals surface area contributed by atoms with Crippen molar-refractivity contribution in [3.8, 4) is 17.0 Å². The molecule has 1 fully saturated rings. The summed E-state index contributed by atoms with van der Waals surface area (Å²) in [5.74, 6) is 1.81. The van der Waals surface area contributed by atoms with Crippen LogP contribution in [0.5, 0.6) is 5.75 Å². The maximum atomic E-state index is 6.10. The van der Waals surface area contributed by atoms with Crippen LogP contribution in [0.2, 0.25) is 5.02 Å². The van der Waals surface area contributed by atoms with Crippen LogP contribution >= 0.6 is 11.6 Å². The van der Waals surface area contributed by atoms with Crippen LogP contribution in [0.1, 0.15) is 13.3 Å². The molecule has 140 valence electrons. The number of nitrogens with one attached hydrogen (secondary N) is 1. The van der Waals surface area contributed by atoms with E-state index in [0.717, 1.165) is 47.5 Å². The highest BCUT2D eigenvalue weighted by Gasteiger charge is 2.23. The fraction of sp³-hybridized carbons (Fsp3) is 0.350. The van der Waals surface area contributed by atoms with Crippen LogP contribution in [0.4, 0.5) is 5.82 Å². The molecule has 6 nitrogen and oxygen atoms in total. The van der Waals surface area contributed by atoms with Crippen molar-refractivity contribution in [2.45, 2.75) is 19.4 Å². The van der Waals surface area contributed by atoms with Gasteiger partial charge in [0.25, 0.3) is 0 Å². The number of fused-ring (bicyclic) bond motifs is 1. The third-order valence-electron chi connectivity index (χ3n) is 4.96. The molecular weight excluding hydrogens is 364 g/mol. The molecule has 0 spiro atoms. The maximum Gasteiger partial charge on any atom is 0.158 e. The molecule has 2 unspecified atom stereocenters. The molecule has 0 amide bonds. The quantitative estimate of drug-likeness (QED) is 0.727. The summed E-state index contributed by atoms with van der Waals surface area (Å²) in [5, 5.41) is 15.0. The second-order valence-electron chi connectivity index (χ2n) is 6.75. The first-order valence-corrected chi connectivity index (χ1v) is 9.33. The van der Waals surface area contributed by atoms with Crippen molar-refractivity contribution in [3.05, 3.63) is 41.7 Å². The number of pyridine rings is 1. The van der Waals surface area contributed by atoms with Gasteiger partial charge in [0, 0.05) is 46.4 Å². The summed E-state index contributed by atoms with van der Waals surface area (Å²) in [6.07, 6.45) is 4.52. The number of ether oxygens (including phenoxy) is 2. The Kier molecular flexibility index (Phi) is 5.09. The lowest BCUT2D eigenvalue weighted by Crippen LogP contribution is -2.36. The van der Waals surface area contributed by atoms with Crippen molar-refractivity contribution in [3.63, 3.8) is 0 Å². The van der Waals surface area contributed by atoms with E-state index in [-0.39, 0.29) is 0 Å². The number of methoxy groups -OCH3 is 1. The number of anilines is 1. The van der Waals surface area contributed by atoms with E-state index in [0.29, 0.717) is 22.7 Å². The SMILES string of the molecule is COc1cc(Cl)ccc1-c1nnc(NC2CCOCC2C)c2cnccc12. The van der Waals surface area contributed by atoms with Gasteiger partial charge in [-0.1, -0.05) is 18.5 Å². The smallest absolute Gasteiger partial charge is 0.158 e. The Balaban J connectivity index is 1.79. The van der Waals surface area contributed by atoms with E-state index < -0.39 is 0 Å². The van der Waals surface area contributed by atoms with Crippen LogP contribution in [-0.4, -0.2) is 41.5 Å². The highest BCUT2D eigenvalue weighted by atomic mass is 35.5. The number of hydrogen-bond acceptors (Lipinski definition) is 6. The van der Waals surface area contributed by atoms with Crippen molar-refractivity contribution in [2.24, 2.45) is 5.92 Å². The largest absolute Gasteiger partial charge is 0.496 e. The van der Waals surface area contributed by atoms with E-state index in [1.165, 1.54) is 0 Å². The predicted molar refractivity (Wildman–Crippen MR) is 106 cm³/mol. The molecule has 0 bridgehead atoms. The summed E-state index contributed by atoms with van der Waals surface area (Å²) in [7, 11) is 1.62. The molecule has 27 heavy (non-hydrogen) atoms. The Morgan fingerprint density at radius 2 is 2.11 bits per heavy atom. The molecule has 4 rings (SSSR count). The van der Waals surface area contributed by atoms with E-state index in [1.807, 2.05) is 24.4 Å². The monoisotopic (exact) mass is 384 g/mol. The van der Waals surface area contributed by atoms with Gasteiger partial charge in [-0.25, -0.2) is 0 Å². The van der Waals surface area contributed by atoms with Gasteiger partial charge in [-0.05, 0) is 36.6 Å². The first-order valence-electron chi connectivity index (χ1n) is 8.96. The molecule has 0 saturated carbocycles. The molecule has 1 aliphatic rings. The average molecular weight is 385 g/mol. The molecule has 0 aliphatic carbocycles. The predicted octanol–water partition coefficient (Wildman–Crippen LogP) is 4.19. The van der Waals surface area contributed by atoms with Crippen LogP contribution in [0, 0.1) is 5.92 Å². The minimum Gasteiger partial charge on any atom is -0.496 e. The van der Waals surface area contributed by atoms with Gasteiger partial charge in [-0.2, -0.15) is 0 Å². The van der Waals surface area contributed by atoms with E-state index in [4.69, 9.17) is 21.1 Å². The molecule has 3 aromatic rings. The zero-order valence-corrected chi connectivity index (χ0v) is 16.0. The summed E-state index contributed by atoms with van der Waals surface area (Å²) in [6.45, 7) is 3.69. The van der Waals surface area contributed by atoms with Crippen LogP contribution in [-0.2, 0) is 4.74 Å². The van der Waals surface area contributed by atoms with Gasteiger partial charge >= 0.3 is 0 Å². The number of rotatable bonds is 4. The number of halogens is 1. The standard InChI is InChI=1S/C20H21ClN4O2/c1-12-11-27-8-6-17(12)23-20-16-10-22-7-5-14(16)19(24-25-20)15-4-3-13(21)9-18(15)26-2/h3-5,7,9-10,12,17H,6,8,11H2,1-2H3,(H,23,25). The van der Waals surface area contributed by atoms with E-state index >= 15 is 0 Å². The number of nitrogens with zero attached hydrogens (tertiary/aromatic N) is 3. The number of hydrogen-bond donors (Lipinski definition) is 1. The lowest BCUT2D eigenvalue weighted by molar-refractivity contribution is 0.0537. The van der Waals surface area contributed by atoms with Gasteiger partial charge < -0.3 is 14.8 Å². The Labute approximate surface area is 162 Å². The van der Waals surface area contributed by atoms with E-state index in [1.54, 1.807) is 19.4 Å². The van der Waals surface area contributed by atoms with Crippen molar-refractivity contribution < 1.29 is 9.47 Å². The summed E-state index contributed by atoms with van der Waals surface area (Å²) < 4.78 is 11.0. The fourth-order valence-electron chi connectivity index (χ4n) is 3.43. The molecule has 7 heteroatoms. The molecule has 1 N–H and O–H groups in total. The number of benzene rings is 1. The van der Waals surface area contributed by atoms with Crippen LogP contribution < -0.4 is 10.1 Å². The van der Waals surface area contributed by atoms with Gasteiger partial charge in [0.1, 0.15) is 11.4 Å². The zero-order chi connectivity index (χ0) is 18.8. The second kappa shape index (κ2) is 7.66. The average Bonchev–Trinajstić information content (AvgIpc) is 2.70. The molecule has 2 atom stereocenters. The van der Waals surface area contributed by atoms with Crippen LogP contribution in [0.3, 0.4) is 0 Å². The maximum absolute atomic E-state index is 6.10. The van der Waals surface area contributed by atoms with Crippen LogP contribution in [0.15, 0.2) is 36.7 Å². The molecular formula is C20H21ClN4O2. The highest BCUT2D eigenvalue weighted by Crippen LogP contribution is 2.36. The molecule has 1 saturated heterocycles. The Bertz CT molecular complexity index is 966.